The van der Waals surface area contributed by atoms with E-state index in [1.165, 1.54) is 0 Å². The van der Waals surface area contributed by atoms with E-state index in [1.807, 2.05) is 24.3 Å². The summed E-state index contributed by atoms with van der Waals surface area (Å²) < 4.78 is 5.37. The number of methoxy groups -OCH3 is 1. The maximum atomic E-state index is 12.2. The van der Waals surface area contributed by atoms with E-state index >= 15 is 0 Å². The Labute approximate surface area is 138 Å². The van der Waals surface area contributed by atoms with Gasteiger partial charge in [-0.2, -0.15) is 0 Å². The van der Waals surface area contributed by atoms with Crippen LogP contribution in [0.15, 0.2) is 24.3 Å². The fraction of sp³-hybridized carbons (Fsp3) is 0.611. The molecule has 1 aromatic rings. The van der Waals surface area contributed by atoms with Gasteiger partial charge in [-0.15, -0.1) is 0 Å². The van der Waals surface area contributed by atoms with E-state index in [2.05, 4.69) is 12.2 Å². The number of ether oxygens (including phenoxy) is 1. The molecule has 2 N–H and O–H groups in total. The van der Waals surface area contributed by atoms with Crippen molar-refractivity contribution in [3.05, 3.63) is 29.8 Å². The molecular weight excluding hydrogens is 292 g/mol. The summed E-state index contributed by atoms with van der Waals surface area (Å²) >= 11 is 0. The van der Waals surface area contributed by atoms with Gasteiger partial charge in [0.15, 0.2) is 0 Å². The second-order valence-electron chi connectivity index (χ2n) is 6.47. The number of hydrogen-bond acceptors (Lipinski definition) is 3. The highest BCUT2D eigenvalue weighted by atomic mass is 16.5. The van der Waals surface area contributed by atoms with Crippen LogP contribution in [0.5, 0.6) is 5.75 Å². The minimum Gasteiger partial charge on any atom is -0.496 e. The van der Waals surface area contributed by atoms with Crippen molar-refractivity contribution in [2.45, 2.75) is 38.2 Å². The average molecular weight is 320 g/mol. The van der Waals surface area contributed by atoms with Gasteiger partial charge in [0, 0.05) is 32.0 Å². The zero-order valence-electron chi connectivity index (χ0n) is 14.3. The van der Waals surface area contributed by atoms with Crippen LogP contribution in [0.2, 0.25) is 0 Å². The van der Waals surface area contributed by atoms with Crippen LogP contribution in [0.4, 0.5) is 4.79 Å². The van der Waals surface area contributed by atoms with Crippen molar-refractivity contribution in [1.82, 2.24) is 10.2 Å². The molecule has 1 saturated carbocycles. The van der Waals surface area contributed by atoms with Crippen molar-refractivity contribution >= 4 is 6.03 Å². The highest BCUT2D eigenvalue weighted by Gasteiger charge is 2.27. The van der Waals surface area contributed by atoms with Gasteiger partial charge in [-0.1, -0.05) is 31.5 Å². The first-order chi connectivity index (χ1) is 11.0. The van der Waals surface area contributed by atoms with Gasteiger partial charge in [0.05, 0.1) is 13.2 Å². The summed E-state index contributed by atoms with van der Waals surface area (Å²) in [7, 11) is 3.44. The molecule has 23 heavy (non-hydrogen) atoms. The van der Waals surface area contributed by atoms with E-state index in [1.54, 1.807) is 19.1 Å². The first-order valence-electron chi connectivity index (χ1n) is 8.32. The number of urea groups is 1. The molecule has 2 rings (SSSR count). The molecule has 1 aromatic carbocycles. The molecule has 0 heterocycles. The lowest BCUT2D eigenvalue weighted by molar-refractivity contribution is 0.114. The van der Waals surface area contributed by atoms with Crippen LogP contribution in [-0.2, 0) is 0 Å². The van der Waals surface area contributed by atoms with Crippen LogP contribution in [0, 0.1) is 5.92 Å². The van der Waals surface area contributed by atoms with Crippen LogP contribution < -0.4 is 10.1 Å². The van der Waals surface area contributed by atoms with E-state index in [-0.39, 0.29) is 24.0 Å². The summed E-state index contributed by atoms with van der Waals surface area (Å²) in [5.41, 5.74) is 1.09. The van der Waals surface area contributed by atoms with Crippen molar-refractivity contribution in [2.24, 2.45) is 5.92 Å². The number of para-hydroxylation sites is 1. The van der Waals surface area contributed by atoms with Crippen LogP contribution in [0.25, 0.3) is 0 Å². The molecule has 3 unspecified atom stereocenters. The topological polar surface area (TPSA) is 61.8 Å². The molecule has 2 amide bonds. The molecule has 0 aliphatic heterocycles. The standard InChI is InChI=1S/C18H28N2O3/c1-13(15-8-4-5-10-17(15)23-3)11-19-18(22)20(2)12-14-7-6-9-16(14)21/h4-5,8,10,13-14,16,21H,6-7,9,11-12H2,1-3H3,(H,19,22). The molecule has 1 aliphatic carbocycles. The molecule has 0 spiro atoms. The van der Waals surface area contributed by atoms with E-state index in [0.29, 0.717) is 13.1 Å². The number of nitrogens with one attached hydrogen (secondary N) is 1. The Morgan fingerprint density at radius 1 is 1.43 bits per heavy atom. The van der Waals surface area contributed by atoms with Gasteiger partial charge in [0.1, 0.15) is 5.75 Å². The fourth-order valence-corrected chi connectivity index (χ4v) is 3.22. The van der Waals surface area contributed by atoms with Crippen LogP contribution in [-0.4, -0.2) is 49.4 Å². The Hall–Kier alpha value is -1.75. The third-order valence-corrected chi connectivity index (χ3v) is 4.70. The molecule has 5 nitrogen and oxygen atoms in total. The first-order valence-corrected chi connectivity index (χ1v) is 8.32. The third-order valence-electron chi connectivity index (χ3n) is 4.70. The van der Waals surface area contributed by atoms with Crippen LogP contribution in [0.3, 0.4) is 0 Å². The predicted molar refractivity (Wildman–Crippen MR) is 90.8 cm³/mol. The minimum atomic E-state index is -0.266. The van der Waals surface area contributed by atoms with E-state index in [4.69, 9.17) is 4.74 Å². The molecule has 128 valence electrons. The van der Waals surface area contributed by atoms with Crippen LogP contribution in [0.1, 0.15) is 37.7 Å². The Kier molecular flexibility index (Phi) is 6.28. The number of carbonyl (C=O) groups is 1. The highest BCUT2D eigenvalue weighted by Crippen LogP contribution is 2.27. The van der Waals surface area contributed by atoms with Gasteiger partial charge in [-0.05, 0) is 24.5 Å². The highest BCUT2D eigenvalue weighted by molar-refractivity contribution is 5.73. The second-order valence-corrected chi connectivity index (χ2v) is 6.47. The molecule has 1 aliphatic rings. The van der Waals surface area contributed by atoms with Crippen molar-refractivity contribution in [2.75, 3.05) is 27.2 Å². The largest absolute Gasteiger partial charge is 0.496 e. The monoisotopic (exact) mass is 320 g/mol. The van der Waals surface area contributed by atoms with Crippen molar-refractivity contribution in [3.8, 4) is 5.75 Å². The van der Waals surface area contributed by atoms with E-state index < -0.39 is 0 Å². The smallest absolute Gasteiger partial charge is 0.317 e. The Balaban J connectivity index is 1.83. The number of rotatable bonds is 6. The fourth-order valence-electron chi connectivity index (χ4n) is 3.22. The van der Waals surface area contributed by atoms with Gasteiger partial charge in [-0.25, -0.2) is 4.79 Å². The first kappa shape index (κ1) is 17.6. The lowest BCUT2D eigenvalue weighted by atomic mass is 10.0. The predicted octanol–water partition coefficient (Wildman–Crippen LogP) is 2.60. The molecule has 1 fully saturated rings. The molecule has 0 radical (unpaired) electrons. The van der Waals surface area contributed by atoms with Gasteiger partial charge >= 0.3 is 6.03 Å². The number of aliphatic hydroxyl groups is 1. The van der Waals surface area contributed by atoms with Crippen molar-refractivity contribution < 1.29 is 14.6 Å². The summed E-state index contributed by atoms with van der Waals surface area (Å²) in [6, 6.07) is 7.78. The molecule has 5 heteroatoms. The lowest BCUT2D eigenvalue weighted by Crippen LogP contribution is -2.42. The molecule has 0 saturated heterocycles. The second kappa shape index (κ2) is 8.20. The molecule has 0 bridgehead atoms. The zero-order valence-corrected chi connectivity index (χ0v) is 14.3. The number of amides is 2. The average Bonchev–Trinajstić information content (AvgIpc) is 2.97. The maximum Gasteiger partial charge on any atom is 0.317 e. The quantitative estimate of drug-likeness (QED) is 0.847. The van der Waals surface area contributed by atoms with Crippen molar-refractivity contribution in [1.29, 1.82) is 0 Å². The normalized spacial score (nSPS) is 21.7. The SMILES string of the molecule is COc1ccccc1C(C)CNC(=O)N(C)CC1CCCC1O. The van der Waals surface area contributed by atoms with Crippen molar-refractivity contribution in [3.63, 3.8) is 0 Å². The van der Waals surface area contributed by atoms with Gasteiger partial charge in [0.25, 0.3) is 0 Å². The summed E-state index contributed by atoms with van der Waals surface area (Å²) in [5.74, 6) is 1.22. The summed E-state index contributed by atoms with van der Waals surface area (Å²) in [6.07, 6.45) is 2.63. The summed E-state index contributed by atoms with van der Waals surface area (Å²) in [5, 5.41) is 12.8. The number of nitrogens with zero attached hydrogens (tertiary/aromatic N) is 1. The van der Waals surface area contributed by atoms with Gasteiger partial charge in [0.2, 0.25) is 0 Å². The van der Waals surface area contributed by atoms with Gasteiger partial charge in [-0.3, -0.25) is 0 Å². The number of aliphatic hydroxyl groups excluding tert-OH is 1. The number of hydrogen-bond donors (Lipinski definition) is 2. The summed E-state index contributed by atoms with van der Waals surface area (Å²) in [4.78, 5) is 13.9. The molecular formula is C18H28N2O3. The Morgan fingerprint density at radius 2 is 2.17 bits per heavy atom. The Morgan fingerprint density at radius 3 is 2.83 bits per heavy atom. The maximum absolute atomic E-state index is 12.2. The van der Waals surface area contributed by atoms with Gasteiger partial charge < -0.3 is 20.1 Å². The minimum absolute atomic E-state index is 0.0918. The van der Waals surface area contributed by atoms with Crippen LogP contribution >= 0.6 is 0 Å². The zero-order chi connectivity index (χ0) is 16.8. The number of carbonyl (C=O) groups excluding carboxylic acids is 1. The Bertz CT molecular complexity index is 521. The third kappa shape index (κ3) is 4.61. The molecule has 3 atom stereocenters. The number of benzene rings is 1. The molecule has 0 aromatic heterocycles. The van der Waals surface area contributed by atoms with E-state index in [9.17, 15) is 9.90 Å². The summed E-state index contributed by atoms with van der Waals surface area (Å²) in [6.45, 7) is 3.23. The lowest BCUT2D eigenvalue weighted by Gasteiger charge is -2.24. The van der Waals surface area contributed by atoms with E-state index in [0.717, 1.165) is 30.6 Å².